The Hall–Kier alpha value is -6.04. The van der Waals surface area contributed by atoms with E-state index >= 15 is 0 Å². The number of carbonyl (C=O) groups is 8. The minimum absolute atomic E-state index is 0.00300. The van der Waals surface area contributed by atoms with Crippen molar-refractivity contribution in [3.8, 4) is 5.75 Å². The molecule has 18 nitrogen and oxygen atoms in total. The molecule has 0 saturated carbocycles. The molecular formula is C38H53N7O11. The molecule has 6 amide bonds. The number of nitrogens with one attached hydrogen (secondary N) is 5. The Bertz CT molecular complexity index is 1690. The van der Waals surface area contributed by atoms with Gasteiger partial charge in [0.15, 0.2) is 0 Å². The topological polar surface area (TPSA) is 309 Å². The second-order valence-corrected chi connectivity index (χ2v) is 14.2. The molecule has 0 radical (unpaired) electrons. The van der Waals surface area contributed by atoms with Gasteiger partial charge < -0.3 is 53.4 Å². The van der Waals surface area contributed by atoms with Gasteiger partial charge in [-0.1, -0.05) is 70.2 Å². The third-order valence-electron chi connectivity index (χ3n) is 8.53. The average Bonchev–Trinajstić information content (AvgIpc) is 3.11. The molecule has 2 aromatic rings. The van der Waals surface area contributed by atoms with Crippen LogP contribution in [-0.4, -0.2) is 99.0 Å². The first-order chi connectivity index (χ1) is 26.3. The fourth-order valence-electron chi connectivity index (χ4n) is 5.55. The highest BCUT2D eigenvalue weighted by Gasteiger charge is 2.34. The smallest absolute Gasteiger partial charge is 0.326 e. The molecule has 0 aromatic heterocycles. The number of carbonyl (C=O) groups excluding carboxylic acids is 6. The minimum atomic E-state index is -1.58. The van der Waals surface area contributed by atoms with Crippen LogP contribution < -0.4 is 38.1 Å². The van der Waals surface area contributed by atoms with E-state index in [-0.39, 0.29) is 30.9 Å². The highest BCUT2D eigenvalue weighted by Crippen LogP contribution is 2.13. The fourth-order valence-corrected chi connectivity index (χ4v) is 5.55. The fraction of sp³-hybridized carbons (Fsp3) is 0.474. The van der Waals surface area contributed by atoms with E-state index in [1.54, 1.807) is 70.2 Å². The van der Waals surface area contributed by atoms with Crippen molar-refractivity contribution in [3.63, 3.8) is 0 Å². The number of nitrogens with two attached hydrogens (primary N) is 2. The SMILES string of the molecule is CC(C)CC(NC(=O)C(NC(=O)C(CCC(=O)O)NC(=O)C(Cc1ccccc1)NC(=O)C(CC(N)=O)NC(=O)C(N)Cc1ccc(O)cc1)C(C)C)C(=O)O. The Morgan fingerprint density at radius 3 is 1.68 bits per heavy atom. The number of hydrogen-bond donors (Lipinski definition) is 10. The molecule has 0 heterocycles. The number of rotatable bonds is 23. The Morgan fingerprint density at radius 1 is 0.625 bits per heavy atom. The molecule has 56 heavy (non-hydrogen) atoms. The summed E-state index contributed by atoms with van der Waals surface area (Å²) in [5, 5.41) is 40.8. The highest BCUT2D eigenvalue weighted by atomic mass is 16.4. The van der Waals surface area contributed by atoms with Gasteiger partial charge in [0, 0.05) is 12.8 Å². The number of benzene rings is 2. The first kappa shape index (κ1) is 46.1. The van der Waals surface area contributed by atoms with Gasteiger partial charge in [0.1, 0.15) is 36.0 Å². The van der Waals surface area contributed by atoms with Crippen LogP contribution in [-0.2, 0) is 51.2 Å². The minimum Gasteiger partial charge on any atom is -0.508 e. The van der Waals surface area contributed by atoms with Crippen LogP contribution in [0.25, 0.3) is 0 Å². The van der Waals surface area contributed by atoms with Crippen molar-refractivity contribution in [1.29, 1.82) is 0 Å². The maximum atomic E-state index is 13.9. The van der Waals surface area contributed by atoms with Crippen LogP contribution in [0.4, 0.5) is 0 Å². The van der Waals surface area contributed by atoms with Gasteiger partial charge in [0.25, 0.3) is 0 Å². The summed E-state index contributed by atoms with van der Waals surface area (Å²) in [5.74, 6) is -8.70. The molecule has 0 aliphatic heterocycles. The number of phenolic OH excluding ortho intramolecular Hbond substituents is 1. The molecule has 0 aliphatic rings. The summed E-state index contributed by atoms with van der Waals surface area (Å²) in [6.45, 7) is 6.75. The first-order valence-electron chi connectivity index (χ1n) is 18.1. The molecule has 0 spiro atoms. The van der Waals surface area contributed by atoms with E-state index in [2.05, 4.69) is 26.6 Å². The highest BCUT2D eigenvalue weighted by molar-refractivity contribution is 5.97. The van der Waals surface area contributed by atoms with Crippen molar-refractivity contribution in [2.75, 3.05) is 0 Å². The van der Waals surface area contributed by atoms with Gasteiger partial charge in [0.2, 0.25) is 35.4 Å². The summed E-state index contributed by atoms with van der Waals surface area (Å²) < 4.78 is 0. The molecule has 18 heteroatoms. The molecule has 0 aliphatic carbocycles. The third-order valence-corrected chi connectivity index (χ3v) is 8.53. The van der Waals surface area contributed by atoms with Crippen LogP contribution in [0.1, 0.15) is 64.5 Å². The van der Waals surface area contributed by atoms with Crippen LogP contribution in [0.3, 0.4) is 0 Å². The third kappa shape index (κ3) is 16.1. The lowest BCUT2D eigenvalue weighted by Crippen LogP contribution is -2.60. The van der Waals surface area contributed by atoms with Crippen LogP contribution in [0.2, 0.25) is 0 Å². The largest absolute Gasteiger partial charge is 0.508 e. The summed E-state index contributed by atoms with van der Waals surface area (Å²) in [5.41, 5.74) is 12.6. The predicted molar refractivity (Wildman–Crippen MR) is 202 cm³/mol. The zero-order valence-electron chi connectivity index (χ0n) is 31.8. The van der Waals surface area contributed by atoms with Crippen molar-refractivity contribution in [2.45, 2.75) is 102 Å². The van der Waals surface area contributed by atoms with E-state index in [1.807, 2.05) is 0 Å². The van der Waals surface area contributed by atoms with Gasteiger partial charge in [-0.2, -0.15) is 0 Å². The molecule has 6 unspecified atom stereocenters. The van der Waals surface area contributed by atoms with E-state index in [0.717, 1.165) is 0 Å². The summed E-state index contributed by atoms with van der Waals surface area (Å²) in [7, 11) is 0. The molecule has 12 N–H and O–H groups in total. The van der Waals surface area contributed by atoms with Gasteiger partial charge in [-0.15, -0.1) is 0 Å². The lowest BCUT2D eigenvalue weighted by atomic mass is 9.99. The van der Waals surface area contributed by atoms with Crippen molar-refractivity contribution in [3.05, 3.63) is 65.7 Å². The second kappa shape index (κ2) is 22.4. The van der Waals surface area contributed by atoms with Crippen LogP contribution >= 0.6 is 0 Å². The lowest BCUT2D eigenvalue weighted by molar-refractivity contribution is -0.143. The van der Waals surface area contributed by atoms with E-state index in [4.69, 9.17) is 11.5 Å². The number of amides is 6. The van der Waals surface area contributed by atoms with Gasteiger partial charge in [-0.05, 0) is 54.4 Å². The van der Waals surface area contributed by atoms with E-state index in [0.29, 0.717) is 11.1 Å². The Balaban J connectivity index is 2.35. The predicted octanol–water partition coefficient (Wildman–Crippen LogP) is -0.544. The molecule has 2 rings (SSSR count). The number of hydrogen-bond acceptors (Lipinski definition) is 10. The van der Waals surface area contributed by atoms with Crippen LogP contribution in [0.5, 0.6) is 5.75 Å². The molecule has 0 bridgehead atoms. The maximum Gasteiger partial charge on any atom is 0.326 e. The monoisotopic (exact) mass is 783 g/mol. The van der Waals surface area contributed by atoms with E-state index in [1.165, 1.54) is 12.1 Å². The normalized spacial score (nSPS) is 14.3. The molecule has 6 atom stereocenters. The number of carboxylic acid groups (broad SMARTS) is 2. The number of phenols is 1. The molecular weight excluding hydrogens is 730 g/mol. The van der Waals surface area contributed by atoms with E-state index < -0.39 is 109 Å². The van der Waals surface area contributed by atoms with Gasteiger partial charge in [0.05, 0.1) is 12.5 Å². The summed E-state index contributed by atoms with van der Waals surface area (Å²) in [6.07, 6.45) is -1.73. The van der Waals surface area contributed by atoms with Crippen LogP contribution in [0, 0.1) is 11.8 Å². The molecule has 2 aromatic carbocycles. The number of aromatic hydroxyl groups is 1. The van der Waals surface area contributed by atoms with Crippen molar-refractivity contribution in [1.82, 2.24) is 26.6 Å². The second-order valence-electron chi connectivity index (χ2n) is 14.2. The Kier molecular flexibility index (Phi) is 18.4. The molecule has 0 fully saturated rings. The standard InChI is InChI=1S/C38H53N7O11/c1-20(2)16-29(38(55)56)44-37(54)32(21(3)4)45-34(51)26(14-15-31(48)49)41-35(52)27(18-22-8-6-5-7-9-22)43-36(53)28(19-30(40)47)42-33(50)25(39)17-23-10-12-24(46)13-11-23/h5-13,20-21,25-29,32,46H,14-19,39H2,1-4H3,(H2,40,47)(H,41,52)(H,42,50)(H,43,53)(H,44,54)(H,45,51)(H,48,49)(H,55,56). The van der Waals surface area contributed by atoms with Gasteiger partial charge >= 0.3 is 11.9 Å². The first-order valence-corrected chi connectivity index (χ1v) is 18.1. The average molecular weight is 784 g/mol. The molecule has 0 saturated heterocycles. The zero-order chi connectivity index (χ0) is 42.1. The zero-order valence-corrected chi connectivity index (χ0v) is 31.8. The van der Waals surface area contributed by atoms with Crippen molar-refractivity contribution < 1.29 is 53.7 Å². The van der Waals surface area contributed by atoms with Crippen molar-refractivity contribution >= 4 is 47.4 Å². The summed E-state index contributed by atoms with van der Waals surface area (Å²) in [4.78, 5) is 103. The Labute approximate surface area is 324 Å². The quantitative estimate of drug-likeness (QED) is 0.0680. The number of aliphatic carboxylic acids is 2. The summed E-state index contributed by atoms with van der Waals surface area (Å²) in [6, 6.07) is 5.97. The van der Waals surface area contributed by atoms with Gasteiger partial charge in [-0.3, -0.25) is 33.6 Å². The maximum absolute atomic E-state index is 13.9. The molecule has 306 valence electrons. The van der Waals surface area contributed by atoms with Crippen molar-refractivity contribution in [2.24, 2.45) is 23.3 Å². The summed E-state index contributed by atoms with van der Waals surface area (Å²) >= 11 is 0. The van der Waals surface area contributed by atoms with Crippen LogP contribution in [0.15, 0.2) is 54.6 Å². The Morgan fingerprint density at radius 2 is 1.14 bits per heavy atom. The lowest BCUT2D eigenvalue weighted by Gasteiger charge is -2.28. The number of carboxylic acids is 2. The van der Waals surface area contributed by atoms with Gasteiger partial charge in [-0.25, -0.2) is 4.79 Å². The number of primary amides is 1. The van der Waals surface area contributed by atoms with E-state index in [9.17, 15) is 53.7 Å².